The third kappa shape index (κ3) is 2.04. The van der Waals surface area contributed by atoms with E-state index in [2.05, 4.69) is 15.9 Å². The summed E-state index contributed by atoms with van der Waals surface area (Å²) in [6.07, 6.45) is 0. The van der Waals surface area contributed by atoms with Crippen molar-refractivity contribution >= 4 is 45.7 Å². The van der Waals surface area contributed by atoms with Gasteiger partial charge in [-0.05, 0) is 22.0 Å². The van der Waals surface area contributed by atoms with Gasteiger partial charge < -0.3 is 9.79 Å². The van der Waals surface area contributed by atoms with Gasteiger partial charge in [-0.15, -0.1) is 11.3 Å². The molecule has 0 radical (unpaired) electrons. The second-order valence-electron chi connectivity index (χ2n) is 3.37. The molecule has 0 aliphatic heterocycles. The first-order valence-corrected chi connectivity index (χ1v) is 7.42. The molecule has 18 heavy (non-hydrogen) atoms. The van der Waals surface area contributed by atoms with Crippen LogP contribution in [0.1, 0.15) is 10.4 Å². The van der Waals surface area contributed by atoms with Crippen LogP contribution in [0.15, 0.2) is 22.7 Å². The van der Waals surface area contributed by atoms with Crippen LogP contribution >= 0.6 is 35.6 Å². The molecule has 8 heteroatoms. The molecule has 3 nitrogen and oxygen atoms in total. The van der Waals surface area contributed by atoms with Gasteiger partial charge in [0.05, 0.1) is 15.1 Å². The number of hydrogen-bond donors (Lipinski definition) is 2. The van der Waals surface area contributed by atoms with E-state index < -0.39 is 18.9 Å². The maximum Gasteiger partial charge on any atom is 0.349 e. The summed E-state index contributed by atoms with van der Waals surface area (Å²) in [5.74, 6) is 0. The Morgan fingerprint density at radius 3 is 2.61 bits per heavy atom. The zero-order valence-electron chi connectivity index (χ0n) is 8.56. The van der Waals surface area contributed by atoms with E-state index in [0.717, 1.165) is 0 Å². The van der Waals surface area contributed by atoms with Crippen molar-refractivity contribution in [3.05, 3.63) is 33.1 Å². The molecule has 0 fully saturated rings. The minimum atomic E-state index is -3.72. The van der Waals surface area contributed by atoms with E-state index >= 15 is 0 Å². The molecule has 0 unspecified atom stereocenters. The highest BCUT2D eigenvalue weighted by Crippen LogP contribution is 2.57. The molecular formula is C10H5BrF2NO2PS. The molecule has 0 bridgehead atoms. The van der Waals surface area contributed by atoms with Crippen LogP contribution in [0.4, 0.5) is 8.78 Å². The maximum absolute atomic E-state index is 13.6. The normalized spacial score (nSPS) is 12.1. The van der Waals surface area contributed by atoms with E-state index in [0.29, 0.717) is 21.4 Å². The molecule has 1 heterocycles. The summed E-state index contributed by atoms with van der Waals surface area (Å²) >= 11 is 3.72. The summed E-state index contributed by atoms with van der Waals surface area (Å²) in [4.78, 5) is 17.1. The van der Waals surface area contributed by atoms with Crippen molar-refractivity contribution in [1.29, 1.82) is 5.26 Å². The van der Waals surface area contributed by atoms with Crippen LogP contribution in [0.25, 0.3) is 10.1 Å². The van der Waals surface area contributed by atoms with E-state index in [1.807, 2.05) is 6.07 Å². The summed E-state index contributed by atoms with van der Waals surface area (Å²) in [6.45, 7) is 0. The monoisotopic (exact) mass is 351 g/mol. The third-order valence-corrected chi connectivity index (χ3v) is 5.57. The molecule has 0 atom stereocenters. The van der Waals surface area contributed by atoms with Gasteiger partial charge in [-0.2, -0.15) is 14.0 Å². The van der Waals surface area contributed by atoms with E-state index in [4.69, 9.17) is 15.0 Å². The lowest BCUT2D eigenvalue weighted by molar-refractivity contribution is 0.0766. The van der Waals surface area contributed by atoms with Gasteiger partial charge in [0.2, 0.25) is 8.38 Å². The van der Waals surface area contributed by atoms with Crippen molar-refractivity contribution in [3.8, 4) is 6.07 Å². The highest BCUT2D eigenvalue weighted by Gasteiger charge is 2.44. The molecule has 94 valence electrons. The first kappa shape index (κ1) is 13.8. The summed E-state index contributed by atoms with van der Waals surface area (Å²) in [6, 6.07) is 6.61. The minimum absolute atomic E-state index is 0.0974. The Hall–Kier alpha value is -0.640. The molecule has 2 rings (SSSR count). The number of benzene rings is 1. The quantitative estimate of drug-likeness (QED) is 0.807. The Morgan fingerprint density at radius 1 is 1.39 bits per heavy atom. The van der Waals surface area contributed by atoms with E-state index in [1.54, 1.807) is 12.1 Å². The second kappa shape index (κ2) is 4.80. The summed E-state index contributed by atoms with van der Waals surface area (Å²) in [7, 11) is -3.42. The predicted octanol–water partition coefficient (Wildman–Crippen LogP) is 3.88. The maximum atomic E-state index is 13.6. The van der Waals surface area contributed by atoms with Crippen LogP contribution < -0.4 is 0 Å². The van der Waals surface area contributed by atoms with Gasteiger partial charge in [0, 0.05) is 9.86 Å². The molecule has 0 saturated heterocycles. The lowest BCUT2D eigenvalue weighted by Gasteiger charge is -2.15. The smallest absolute Gasteiger partial charge is 0.346 e. The van der Waals surface area contributed by atoms with E-state index in [9.17, 15) is 8.78 Å². The number of hydrogen-bond acceptors (Lipinski definition) is 4. The zero-order valence-corrected chi connectivity index (χ0v) is 11.9. The van der Waals surface area contributed by atoms with Crippen molar-refractivity contribution < 1.29 is 18.6 Å². The highest BCUT2D eigenvalue weighted by molar-refractivity contribution is 9.10. The number of nitriles is 1. The lowest BCUT2D eigenvalue weighted by Crippen LogP contribution is -2.08. The fraction of sp³-hybridized carbons (Fsp3) is 0.100. The van der Waals surface area contributed by atoms with Crippen molar-refractivity contribution in [2.75, 3.05) is 0 Å². The Kier molecular flexibility index (Phi) is 3.67. The summed E-state index contributed by atoms with van der Waals surface area (Å²) in [5.41, 5.74) is -3.44. The molecular weight excluding hydrogens is 347 g/mol. The fourth-order valence-corrected chi connectivity index (χ4v) is 4.27. The van der Waals surface area contributed by atoms with Crippen LogP contribution in [0.2, 0.25) is 0 Å². The summed E-state index contributed by atoms with van der Waals surface area (Å²) < 4.78 is 27.8. The van der Waals surface area contributed by atoms with Crippen molar-refractivity contribution in [3.63, 3.8) is 0 Å². The minimum Gasteiger partial charge on any atom is -0.346 e. The number of halogens is 3. The van der Waals surface area contributed by atoms with E-state index in [1.165, 1.54) is 6.07 Å². The lowest BCUT2D eigenvalue weighted by atomic mass is 10.2. The van der Waals surface area contributed by atoms with Crippen LogP contribution in [-0.4, -0.2) is 9.79 Å². The molecule has 2 aromatic rings. The molecule has 0 saturated carbocycles. The van der Waals surface area contributed by atoms with Crippen molar-refractivity contribution in [1.82, 2.24) is 0 Å². The average molecular weight is 352 g/mol. The van der Waals surface area contributed by atoms with Crippen molar-refractivity contribution in [2.45, 2.75) is 5.66 Å². The van der Waals surface area contributed by atoms with E-state index in [-0.39, 0.29) is 10.0 Å². The van der Waals surface area contributed by atoms with Gasteiger partial charge in [0.1, 0.15) is 6.07 Å². The largest absolute Gasteiger partial charge is 0.349 e. The van der Waals surface area contributed by atoms with Gasteiger partial charge >= 0.3 is 5.66 Å². The molecule has 1 aromatic heterocycles. The fourth-order valence-electron chi connectivity index (χ4n) is 1.46. The molecule has 0 aliphatic carbocycles. The van der Waals surface area contributed by atoms with Gasteiger partial charge in [0.25, 0.3) is 0 Å². The van der Waals surface area contributed by atoms with Crippen LogP contribution in [0.3, 0.4) is 0 Å². The first-order chi connectivity index (χ1) is 8.39. The Morgan fingerprint density at radius 2 is 2.06 bits per heavy atom. The number of thiophene rings is 1. The van der Waals surface area contributed by atoms with Gasteiger partial charge in [-0.25, -0.2) is 0 Å². The number of rotatable bonds is 2. The Bertz CT molecular complexity index is 653. The standard InChI is InChI=1S/C10H5BrF2NO2PS/c11-7-6-3-1-2-5(4-14)8(6)18-9(7)10(12,13)17(15)16/h1-3,15-16H. The van der Waals surface area contributed by atoms with Crippen LogP contribution in [-0.2, 0) is 5.66 Å². The molecule has 0 amide bonds. The first-order valence-electron chi connectivity index (χ1n) is 4.57. The molecule has 1 aromatic carbocycles. The Balaban J connectivity index is 2.77. The molecule has 2 N–H and O–H groups in total. The Labute approximate surface area is 114 Å². The van der Waals surface area contributed by atoms with Gasteiger partial charge in [-0.1, -0.05) is 12.1 Å². The number of nitrogens with zero attached hydrogens (tertiary/aromatic N) is 1. The zero-order chi connectivity index (χ0) is 13.5. The predicted molar refractivity (Wildman–Crippen MR) is 69.5 cm³/mol. The van der Waals surface area contributed by atoms with Crippen LogP contribution in [0, 0.1) is 11.3 Å². The van der Waals surface area contributed by atoms with Gasteiger partial charge in [-0.3, -0.25) is 0 Å². The van der Waals surface area contributed by atoms with Crippen molar-refractivity contribution in [2.24, 2.45) is 0 Å². The van der Waals surface area contributed by atoms with Crippen LogP contribution in [0.5, 0.6) is 0 Å². The topological polar surface area (TPSA) is 64.2 Å². The average Bonchev–Trinajstić information content (AvgIpc) is 2.67. The number of fused-ring (bicyclic) bond motifs is 1. The highest BCUT2D eigenvalue weighted by atomic mass is 79.9. The third-order valence-electron chi connectivity index (χ3n) is 2.30. The summed E-state index contributed by atoms with van der Waals surface area (Å²) in [5, 5.41) is 9.37. The molecule has 0 spiro atoms. The second-order valence-corrected chi connectivity index (χ2v) is 6.32. The molecule has 0 aliphatic rings. The SMILES string of the molecule is N#Cc1cccc2c(Br)c(C(F)(F)P(O)O)sc12. The number of alkyl halides is 2. The van der Waals surface area contributed by atoms with Gasteiger partial charge in [0.15, 0.2) is 0 Å².